The van der Waals surface area contributed by atoms with E-state index in [0.717, 1.165) is 30.4 Å². The smallest absolute Gasteiger partial charge is 0.254 e. The molecule has 0 aliphatic carbocycles. The number of nitrogens with zero attached hydrogens (tertiary/aromatic N) is 2. The number of fused-ring (bicyclic) bond motifs is 1. The van der Waals surface area contributed by atoms with Crippen LogP contribution in [0.4, 0.5) is 0 Å². The molecule has 3 N–H and O–H groups in total. The highest BCUT2D eigenvalue weighted by atomic mass is 16.2. The number of nitrogens with two attached hydrogens (primary N) is 1. The number of hydrogen-bond donors (Lipinski definition) is 2. The lowest BCUT2D eigenvalue weighted by Crippen LogP contribution is -2.47. The molecule has 2 aromatic heterocycles. The molecule has 124 valence electrons. The Morgan fingerprint density at radius 2 is 2.13 bits per heavy atom. The van der Waals surface area contributed by atoms with Crippen LogP contribution in [0.15, 0.2) is 24.5 Å². The highest BCUT2D eigenvalue weighted by Crippen LogP contribution is 2.20. The Morgan fingerprint density at radius 3 is 2.74 bits per heavy atom. The van der Waals surface area contributed by atoms with Crippen LogP contribution in [0.5, 0.6) is 0 Å². The highest BCUT2D eigenvalue weighted by molar-refractivity contribution is 6.07. The molecule has 0 aromatic carbocycles. The first-order valence-electron chi connectivity index (χ1n) is 7.99. The SMILES string of the molecule is CCCCn1cc(C(=O)N[C@H](C(N)=O)C(C)C)c2cccnc21. The summed E-state index contributed by atoms with van der Waals surface area (Å²) in [6.45, 7) is 6.62. The minimum absolute atomic E-state index is 0.0667. The zero-order valence-corrected chi connectivity index (χ0v) is 13.9. The fraction of sp³-hybridized carbons (Fsp3) is 0.471. The molecule has 0 saturated heterocycles. The molecule has 0 aliphatic heterocycles. The molecule has 0 aliphatic rings. The monoisotopic (exact) mass is 316 g/mol. The molecule has 2 rings (SSSR count). The van der Waals surface area contributed by atoms with Crippen LogP contribution >= 0.6 is 0 Å². The van der Waals surface area contributed by atoms with Gasteiger partial charge in [0.15, 0.2) is 0 Å². The Morgan fingerprint density at radius 1 is 1.39 bits per heavy atom. The van der Waals surface area contributed by atoms with Gasteiger partial charge in [-0.15, -0.1) is 0 Å². The standard InChI is InChI=1S/C17H24N4O2/c1-4-5-9-21-10-13(12-7-6-8-19-16(12)21)17(23)20-14(11(2)3)15(18)22/h6-8,10-11,14H,4-5,9H2,1-3H3,(H2,18,22)(H,20,23)/t14-/m0/s1. The minimum atomic E-state index is -0.687. The van der Waals surface area contributed by atoms with Gasteiger partial charge in [-0.25, -0.2) is 4.98 Å². The largest absolute Gasteiger partial charge is 0.368 e. The normalized spacial score (nSPS) is 12.5. The number of carbonyl (C=O) groups is 2. The van der Waals surface area contributed by atoms with E-state index in [4.69, 9.17) is 5.73 Å². The maximum atomic E-state index is 12.6. The fourth-order valence-corrected chi connectivity index (χ4v) is 2.59. The van der Waals surface area contributed by atoms with Gasteiger partial charge in [-0.2, -0.15) is 0 Å². The predicted molar refractivity (Wildman–Crippen MR) is 89.9 cm³/mol. The van der Waals surface area contributed by atoms with Crippen LogP contribution in [0, 0.1) is 5.92 Å². The van der Waals surface area contributed by atoms with E-state index in [-0.39, 0.29) is 11.8 Å². The van der Waals surface area contributed by atoms with E-state index in [1.807, 2.05) is 24.5 Å². The number of hydrogen-bond acceptors (Lipinski definition) is 3. The number of primary amides is 1. The van der Waals surface area contributed by atoms with Crippen molar-refractivity contribution in [3.63, 3.8) is 0 Å². The Kier molecular flexibility index (Phi) is 5.36. The van der Waals surface area contributed by atoms with Crippen LogP contribution in [0.2, 0.25) is 0 Å². The van der Waals surface area contributed by atoms with Crippen molar-refractivity contribution in [1.29, 1.82) is 0 Å². The Bertz CT molecular complexity index is 706. The molecule has 2 amide bonds. The van der Waals surface area contributed by atoms with Crippen molar-refractivity contribution in [2.75, 3.05) is 0 Å². The summed E-state index contributed by atoms with van der Waals surface area (Å²) >= 11 is 0. The summed E-state index contributed by atoms with van der Waals surface area (Å²) in [5, 5.41) is 3.52. The lowest BCUT2D eigenvalue weighted by molar-refractivity contribution is -0.120. The van der Waals surface area contributed by atoms with Crippen molar-refractivity contribution in [2.24, 2.45) is 11.7 Å². The first kappa shape index (κ1) is 17.0. The average Bonchev–Trinajstić information content (AvgIpc) is 2.88. The lowest BCUT2D eigenvalue weighted by atomic mass is 10.0. The quantitative estimate of drug-likeness (QED) is 0.819. The number of nitrogens with one attached hydrogen (secondary N) is 1. The zero-order valence-electron chi connectivity index (χ0n) is 13.9. The molecule has 23 heavy (non-hydrogen) atoms. The van der Waals surface area contributed by atoms with Crippen molar-refractivity contribution in [3.05, 3.63) is 30.1 Å². The summed E-state index contributed by atoms with van der Waals surface area (Å²) < 4.78 is 1.99. The Balaban J connectivity index is 2.35. The van der Waals surface area contributed by atoms with Crippen LogP contribution in [-0.2, 0) is 11.3 Å². The molecule has 2 heterocycles. The van der Waals surface area contributed by atoms with Gasteiger partial charge in [0.25, 0.3) is 5.91 Å². The number of aryl methyl sites for hydroxylation is 1. The van der Waals surface area contributed by atoms with Gasteiger partial charge >= 0.3 is 0 Å². The molecule has 2 aromatic rings. The molecule has 0 bridgehead atoms. The van der Waals surface area contributed by atoms with Crippen molar-refractivity contribution >= 4 is 22.8 Å². The average molecular weight is 316 g/mol. The second kappa shape index (κ2) is 7.26. The number of amides is 2. The summed E-state index contributed by atoms with van der Waals surface area (Å²) in [5.41, 5.74) is 6.68. The van der Waals surface area contributed by atoms with Crippen molar-refractivity contribution in [2.45, 2.75) is 46.2 Å². The van der Waals surface area contributed by atoms with E-state index in [1.165, 1.54) is 0 Å². The number of carbonyl (C=O) groups excluding carboxylic acids is 2. The van der Waals surface area contributed by atoms with E-state index >= 15 is 0 Å². The number of unbranched alkanes of at least 4 members (excludes halogenated alkanes) is 1. The summed E-state index contributed by atoms with van der Waals surface area (Å²) in [7, 11) is 0. The van der Waals surface area contributed by atoms with Gasteiger partial charge in [0, 0.05) is 24.3 Å². The Hall–Kier alpha value is -2.37. The third kappa shape index (κ3) is 3.70. The molecule has 6 nitrogen and oxygen atoms in total. The first-order valence-corrected chi connectivity index (χ1v) is 7.99. The predicted octanol–water partition coefficient (Wildman–Crippen LogP) is 2.08. The third-order valence-electron chi connectivity index (χ3n) is 3.89. The van der Waals surface area contributed by atoms with Crippen molar-refractivity contribution in [1.82, 2.24) is 14.9 Å². The Labute approximate surface area is 136 Å². The molecular weight excluding hydrogens is 292 g/mol. The maximum absolute atomic E-state index is 12.6. The molecule has 0 unspecified atom stereocenters. The molecule has 0 spiro atoms. The van der Waals surface area contributed by atoms with E-state index < -0.39 is 11.9 Å². The summed E-state index contributed by atoms with van der Waals surface area (Å²) in [6, 6.07) is 2.99. The first-order chi connectivity index (χ1) is 11.0. The van der Waals surface area contributed by atoms with Gasteiger partial charge in [-0.05, 0) is 24.5 Å². The third-order valence-corrected chi connectivity index (χ3v) is 3.89. The van der Waals surface area contributed by atoms with E-state index in [9.17, 15) is 9.59 Å². The maximum Gasteiger partial charge on any atom is 0.254 e. The molecule has 6 heteroatoms. The van der Waals surface area contributed by atoms with E-state index in [2.05, 4.69) is 17.2 Å². The summed E-state index contributed by atoms with van der Waals surface area (Å²) in [4.78, 5) is 28.5. The highest BCUT2D eigenvalue weighted by Gasteiger charge is 2.24. The van der Waals surface area contributed by atoms with Gasteiger partial charge in [0.05, 0.1) is 5.56 Å². The van der Waals surface area contributed by atoms with Gasteiger partial charge < -0.3 is 15.6 Å². The second-order valence-electron chi connectivity index (χ2n) is 6.06. The minimum Gasteiger partial charge on any atom is -0.368 e. The van der Waals surface area contributed by atoms with Crippen LogP contribution in [0.1, 0.15) is 44.0 Å². The van der Waals surface area contributed by atoms with Crippen LogP contribution < -0.4 is 11.1 Å². The van der Waals surface area contributed by atoms with Crippen LogP contribution in [0.3, 0.4) is 0 Å². The molecular formula is C17H24N4O2. The zero-order chi connectivity index (χ0) is 17.0. The topological polar surface area (TPSA) is 90.0 Å². The molecule has 1 atom stereocenters. The second-order valence-corrected chi connectivity index (χ2v) is 6.06. The number of aromatic nitrogens is 2. The fourth-order valence-electron chi connectivity index (χ4n) is 2.59. The van der Waals surface area contributed by atoms with Gasteiger partial charge in [-0.1, -0.05) is 27.2 Å². The lowest BCUT2D eigenvalue weighted by Gasteiger charge is -2.18. The van der Waals surface area contributed by atoms with Crippen molar-refractivity contribution in [3.8, 4) is 0 Å². The number of pyridine rings is 1. The molecule has 0 saturated carbocycles. The summed E-state index contributed by atoms with van der Waals surface area (Å²) in [6.07, 6.45) is 5.59. The number of rotatable bonds is 7. The van der Waals surface area contributed by atoms with E-state index in [0.29, 0.717) is 5.56 Å². The van der Waals surface area contributed by atoms with Crippen LogP contribution in [0.25, 0.3) is 11.0 Å². The molecule has 0 radical (unpaired) electrons. The van der Waals surface area contributed by atoms with E-state index in [1.54, 1.807) is 18.5 Å². The summed E-state index contributed by atoms with van der Waals surface area (Å²) in [5.74, 6) is -0.889. The van der Waals surface area contributed by atoms with Gasteiger partial charge in [0.1, 0.15) is 11.7 Å². The van der Waals surface area contributed by atoms with Gasteiger partial charge in [-0.3, -0.25) is 9.59 Å². The van der Waals surface area contributed by atoms with Gasteiger partial charge in [0.2, 0.25) is 5.91 Å². The van der Waals surface area contributed by atoms with Crippen LogP contribution in [-0.4, -0.2) is 27.4 Å². The molecule has 0 fully saturated rings. The van der Waals surface area contributed by atoms with Crippen molar-refractivity contribution < 1.29 is 9.59 Å².